The number of halogens is 1. The van der Waals surface area contributed by atoms with Crippen LogP contribution in [0.1, 0.15) is 23.8 Å². The Hall–Kier alpha value is -1.24. The average Bonchev–Trinajstić information content (AvgIpc) is 2.81. The molecule has 96 valence electrons. The maximum Gasteiger partial charge on any atom is 0.158 e. The fourth-order valence-electron chi connectivity index (χ4n) is 1.46. The number of rotatable bonds is 5. The van der Waals surface area contributed by atoms with Crippen molar-refractivity contribution < 1.29 is 4.74 Å². The van der Waals surface area contributed by atoms with Crippen LogP contribution in [0.3, 0.4) is 0 Å². The van der Waals surface area contributed by atoms with Crippen LogP contribution in [-0.2, 0) is 11.3 Å². The van der Waals surface area contributed by atoms with Crippen molar-refractivity contribution in [3.8, 4) is 0 Å². The van der Waals surface area contributed by atoms with E-state index in [2.05, 4.69) is 20.3 Å². The molecule has 0 amide bonds. The lowest BCUT2D eigenvalue weighted by molar-refractivity contribution is 0.178. The Labute approximate surface area is 114 Å². The third-order valence-electron chi connectivity index (χ3n) is 2.20. The van der Waals surface area contributed by atoms with Crippen LogP contribution >= 0.6 is 22.9 Å². The van der Waals surface area contributed by atoms with E-state index in [4.69, 9.17) is 16.3 Å². The largest absolute Gasteiger partial charge is 0.377 e. The summed E-state index contributed by atoms with van der Waals surface area (Å²) in [7, 11) is 1.59. The Bertz CT molecular complexity index is 506. The molecule has 2 aromatic heterocycles. The summed E-state index contributed by atoms with van der Waals surface area (Å²) in [4.78, 5) is 12.6. The molecule has 2 aromatic rings. The van der Waals surface area contributed by atoms with E-state index in [1.165, 1.54) is 0 Å². The number of methoxy groups -OCH3 is 1. The van der Waals surface area contributed by atoms with Gasteiger partial charge in [-0.25, -0.2) is 15.0 Å². The number of aromatic nitrogens is 3. The van der Waals surface area contributed by atoms with Crippen LogP contribution in [0.25, 0.3) is 0 Å². The van der Waals surface area contributed by atoms with Crippen LogP contribution in [0.4, 0.5) is 5.82 Å². The average molecular weight is 285 g/mol. The monoisotopic (exact) mass is 284 g/mol. The van der Waals surface area contributed by atoms with E-state index in [-0.39, 0.29) is 6.04 Å². The molecule has 1 N–H and O–H groups in total. The maximum atomic E-state index is 5.93. The topological polar surface area (TPSA) is 59.9 Å². The van der Waals surface area contributed by atoms with Gasteiger partial charge < -0.3 is 10.1 Å². The van der Waals surface area contributed by atoms with Crippen molar-refractivity contribution >= 4 is 28.8 Å². The second-order valence-corrected chi connectivity index (χ2v) is 4.97. The zero-order valence-corrected chi connectivity index (χ0v) is 11.6. The Morgan fingerprint density at radius 3 is 3.00 bits per heavy atom. The number of thiazole rings is 1. The van der Waals surface area contributed by atoms with Crippen molar-refractivity contribution in [2.75, 3.05) is 12.4 Å². The van der Waals surface area contributed by atoms with E-state index in [0.29, 0.717) is 23.4 Å². The predicted molar refractivity (Wildman–Crippen MR) is 71.9 cm³/mol. The Kier molecular flexibility index (Phi) is 4.46. The van der Waals surface area contributed by atoms with Crippen LogP contribution in [0, 0.1) is 0 Å². The first-order chi connectivity index (χ1) is 8.69. The fourth-order valence-corrected chi connectivity index (χ4v) is 2.31. The van der Waals surface area contributed by atoms with E-state index in [0.717, 1.165) is 5.01 Å². The first kappa shape index (κ1) is 13.2. The molecule has 1 atom stereocenters. The normalized spacial score (nSPS) is 12.4. The van der Waals surface area contributed by atoms with Gasteiger partial charge in [0.2, 0.25) is 0 Å². The molecule has 0 saturated heterocycles. The van der Waals surface area contributed by atoms with E-state index < -0.39 is 0 Å². The predicted octanol–water partition coefficient (Wildman–Crippen LogP) is 2.91. The van der Waals surface area contributed by atoms with Crippen LogP contribution < -0.4 is 5.32 Å². The summed E-state index contributed by atoms with van der Waals surface area (Å²) in [5.41, 5.74) is 0. The molecule has 0 spiro atoms. The van der Waals surface area contributed by atoms with Gasteiger partial charge in [-0.3, -0.25) is 0 Å². The van der Waals surface area contributed by atoms with E-state index in [9.17, 15) is 0 Å². The molecule has 0 radical (unpaired) electrons. The summed E-state index contributed by atoms with van der Waals surface area (Å²) >= 11 is 7.53. The first-order valence-electron chi connectivity index (χ1n) is 5.37. The molecule has 0 fully saturated rings. The molecule has 0 aliphatic heterocycles. The lowest BCUT2D eigenvalue weighted by Crippen LogP contribution is -2.09. The van der Waals surface area contributed by atoms with E-state index >= 15 is 0 Å². The Morgan fingerprint density at radius 2 is 2.33 bits per heavy atom. The van der Waals surface area contributed by atoms with Gasteiger partial charge in [-0.15, -0.1) is 11.3 Å². The van der Waals surface area contributed by atoms with Gasteiger partial charge >= 0.3 is 0 Å². The summed E-state index contributed by atoms with van der Waals surface area (Å²) < 4.78 is 4.99. The summed E-state index contributed by atoms with van der Waals surface area (Å²) in [6.45, 7) is 2.35. The lowest BCUT2D eigenvalue weighted by Gasteiger charge is -2.12. The fraction of sp³-hybridized carbons (Fsp3) is 0.364. The quantitative estimate of drug-likeness (QED) is 0.856. The Balaban J connectivity index is 2.13. The van der Waals surface area contributed by atoms with Crippen LogP contribution in [0.5, 0.6) is 0 Å². The highest BCUT2D eigenvalue weighted by Crippen LogP contribution is 2.21. The van der Waals surface area contributed by atoms with Crippen molar-refractivity contribution in [1.29, 1.82) is 0 Å². The van der Waals surface area contributed by atoms with Crippen molar-refractivity contribution in [2.24, 2.45) is 0 Å². The smallest absolute Gasteiger partial charge is 0.158 e. The molecule has 0 aromatic carbocycles. The lowest BCUT2D eigenvalue weighted by atomic mass is 10.3. The first-order valence-corrected chi connectivity index (χ1v) is 6.63. The van der Waals surface area contributed by atoms with Crippen molar-refractivity contribution in [1.82, 2.24) is 15.0 Å². The minimum atomic E-state index is 0.0753. The van der Waals surface area contributed by atoms with Crippen molar-refractivity contribution in [3.63, 3.8) is 0 Å². The third-order valence-corrected chi connectivity index (χ3v) is 3.35. The van der Waals surface area contributed by atoms with Gasteiger partial charge in [0.25, 0.3) is 0 Å². The second kappa shape index (κ2) is 6.08. The number of nitrogens with one attached hydrogen (secondary N) is 1. The van der Waals surface area contributed by atoms with E-state index in [1.807, 2.05) is 12.3 Å². The van der Waals surface area contributed by atoms with Crippen LogP contribution in [0.15, 0.2) is 17.6 Å². The van der Waals surface area contributed by atoms with Crippen molar-refractivity contribution in [2.45, 2.75) is 19.6 Å². The zero-order valence-electron chi connectivity index (χ0n) is 10.1. The van der Waals surface area contributed by atoms with Crippen molar-refractivity contribution in [3.05, 3.63) is 33.6 Å². The molecule has 0 bridgehead atoms. The number of ether oxygens (including phenoxy) is 1. The van der Waals surface area contributed by atoms with E-state index in [1.54, 1.807) is 30.7 Å². The number of anilines is 1. The Morgan fingerprint density at radius 1 is 1.50 bits per heavy atom. The van der Waals surface area contributed by atoms with Gasteiger partial charge in [-0.1, -0.05) is 11.6 Å². The number of nitrogens with zero attached hydrogens (tertiary/aromatic N) is 3. The number of hydrogen-bond acceptors (Lipinski definition) is 6. The third kappa shape index (κ3) is 3.38. The van der Waals surface area contributed by atoms with Gasteiger partial charge in [0.05, 0.1) is 6.04 Å². The van der Waals surface area contributed by atoms with Gasteiger partial charge in [-0.2, -0.15) is 0 Å². The minimum absolute atomic E-state index is 0.0753. The summed E-state index contributed by atoms with van der Waals surface area (Å²) in [6.07, 6.45) is 1.78. The highest BCUT2D eigenvalue weighted by molar-refractivity contribution is 7.09. The minimum Gasteiger partial charge on any atom is -0.377 e. The summed E-state index contributed by atoms with van der Waals surface area (Å²) in [5, 5.41) is 6.57. The van der Waals surface area contributed by atoms with Gasteiger partial charge in [0.1, 0.15) is 22.6 Å². The molecule has 0 aliphatic rings. The SMILES string of the molecule is COCc1nc(Cl)cc(NC(C)c2nccs2)n1. The number of hydrogen-bond donors (Lipinski definition) is 1. The molecule has 7 heteroatoms. The highest BCUT2D eigenvalue weighted by Gasteiger charge is 2.10. The molecule has 1 unspecified atom stereocenters. The zero-order chi connectivity index (χ0) is 13.0. The van der Waals surface area contributed by atoms with Gasteiger partial charge in [0, 0.05) is 24.8 Å². The second-order valence-electron chi connectivity index (χ2n) is 3.66. The molecule has 18 heavy (non-hydrogen) atoms. The van der Waals surface area contributed by atoms with Crippen LogP contribution in [0.2, 0.25) is 5.15 Å². The molecule has 0 saturated carbocycles. The molecular formula is C11H13ClN4OS. The van der Waals surface area contributed by atoms with Gasteiger partial charge in [-0.05, 0) is 6.92 Å². The maximum absolute atomic E-state index is 5.93. The molecule has 2 rings (SSSR count). The highest BCUT2D eigenvalue weighted by atomic mass is 35.5. The molecule has 2 heterocycles. The molecule has 0 aliphatic carbocycles. The van der Waals surface area contributed by atoms with Gasteiger partial charge in [0.15, 0.2) is 5.82 Å². The van der Waals surface area contributed by atoms with Crippen LogP contribution in [-0.4, -0.2) is 22.1 Å². The molecular weight excluding hydrogens is 272 g/mol. The summed E-state index contributed by atoms with van der Waals surface area (Å²) in [6, 6.07) is 1.76. The standard InChI is InChI=1S/C11H13ClN4OS/c1-7(11-13-3-4-18-11)14-9-5-8(12)15-10(16-9)6-17-2/h3-5,7H,6H2,1-2H3,(H,14,15,16). The summed E-state index contributed by atoms with van der Waals surface area (Å²) in [5.74, 6) is 1.23. The molecule has 5 nitrogen and oxygen atoms in total.